The number of nitrogens with one attached hydrogen (secondary N) is 2. The normalized spacial score (nSPS) is 29.0. The monoisotopic (exact) mass is 190 g/mol. The van der Waals surface area contributed by atoms with Crippen molar-refractivity contribution in [1.82, 2.24) is 10.6 Å². The predicted octanol–water partition coefficient (Wildman–Crippen LogP) is -0.243. The van der Waals surface area contributed by atoms with E-state index in [2.05, 4.69) is 10.6 Å². The third kappa shape index (κ3) is 2.36. The minimum absolute atomic E-state index is 0.0379. The number of amides is 1. The minimum Gasteiger partial charge on any atom is -0.348 e. The molecular weight excluding hydrogens is 176 g/mol. The molecule has 0 aromatic rings. The van der Waals surface area contributed by atoms with Gasteiger partial charge in [-0.15, -0.1) is 0 Å². The van der Waals surface area contributed by atoms with Gasteiger partial charge in [0.05, 0.1) is 6.04 Å². The number of thioether (sulfide) groups is 1. The first-order valence-electron chi connectivity index (χ1n) is 3.86. The van der Waals surface area contributed by atoms with Gasteiger partial charge in [0.15, 0.2) is 6.35 Å². The lowest BCUT2D eigenvalue weighted by Gasteiger charge is -2.08. The number of carbonyl (C=O) groups is 1. The van der Waals surface area contributed by atoms with E-state index >= 15 is 0 Å². The zero-order valence-electron chi connectivity index (χ0n) is 7.29. The summed E-state index contributed by atoms with van der Waals surface area (Å²) in [5.74, 6) is 1.03. The Bertz CT molecular complexity index is 165. The van der Waals surface area contributed by atoms with Gasteiger partial charge in [0, 0.05) is 7.11 Å². The summed E-state index contributed by atoms with van der Waals surface area (Å²) in [6.07, 6.45) is 2.58. The Morgan fingerprint density at radius 1 is 1.67 bits per heavy atom. The Kier molecular flexibility index (Phi) is 3.84. The van der Waals surface area contributed by atoms with Gasteiger partial charge in [-0.2, -0.15) is 11.8 Å². The van der Waals surface area contributed by atoms with Crippen LogP contribution in [0.15, 0.2) is 0 Å². The third-order valence-electron chi connectivity index (χ3n) is 1.79. The van der Waals surface area contributed by atoms with Crippen LogP contribution in [0.2, 0.25) is 0 Å². The van der Waals surface area contributed by atoms with Gasteiger partial charge in [-0.3, -0.25) is 10.1 Å². The lowest BCUT2D eigenvalue weighted by Crippen LogP contribution is -2.35. The molecule has 1 fully saturated rings. The molecule has 12 heavy (non-hydrogen) atoms. The topological polar surface area (TPSA) is 50.4 Å². The summed E-state index contributed by atoms with van der Waals surface area (Å²) in [5, 5.41) is 5.71. The molecule has 2 atom stereocenters. The van der Waals surface area contributed by atoms with Crippen molar-refractivity contribution in [2.75, 3.05) is 19.1 Å². The molecule has 1 rings (SSSR count). The van der Waals surface area contributed by atoms with Crippen molar-refractivity contribution in [3.63, 3.8) is 0 Å². The van der Waals surface area contributed by atoms with Gasteiger partial charge in [-0.25, -0.2) is 0 Å². The van der Waals surface area contributed by atoms with Crippen LogP contribution in [0.1, 0.15) is 6.42 Å². The van der Waals surface area contributed by atoms with Gasteiger partial charge in [0.1, 0.15) is 0 Å². The molecule has 0 aromatic heterocycles. The summed E-state index contributed by atoms with van der Waals surface area (Å²) >= 11 is 1.74. The van der Waals surface area contributed by atoms with Gasteiger partial charge < -0.3 is 10.1 Å². The van der Waals surface area contributed by atoms with Gasteiger partial charge >= 0.3 is 0 Å². The molecule has 0 aromatic carbocycles. The fourth-order valence-corrected chi connectivity index (χ4v) is 1.58. The van der Waals surface area contributed by atoms with Gasteiger partial charge in [-0.05, 0) is 18.4 Å². The van der Waals surface area contributed by atoms with E-state index in [9.17, 15) is 4.79 Å². The van der Waals surface area contributed by atoms with Crippen molar-refractivity contribution in [3.05, 3.63) is 0 Å². The maximum absolute atomic E-state index is 11.2. The van der Waals surface area contributed by atoms with E-state index in [0.29, 0.717) is 0 Å². The molecule has 0 saturated carbocycles. The SMILES string of the molecule is COC1NC(=O)C(CCSC)N1. The number of rotatable bonds is 4. The average molecular weight is 190 g/mol. The van der Waals surface area contributed by atoms with E-state index in [4.69, 9.17) is 4.74 Å². The molecule has 1 amide bonds. The predicted molar refractivity (Wildman–Crippen MR) is 48.9 cm³/mol. The summed E-state index contributed by atoms with van der Waals surface area (Å²) in [7, 11) is 1.56. The van der Waals surface area contributed by atoms with Crippen molar-refractivity contribution in [3.8, 4) is 0 Å². The molecule has 2 unspecified atom stereocenters. The minimum atomic E-state index is -0.302. The Labute approximate surface area is 76.4 Å². The van der Waals surface area contributed by atoms with Crippen LogP contribution < -0.4 is 10.6 Å². The van der Waals surface area contributed by atoms with Gasteiger partial charge in [0.2, 0.25) is 5.91 Å². The van der Waals surface area contributed by atoms with Crippen molar-refractivity contribution in [2.45, 2.75) is 18.8 Å². The summed E-state index contributed by atoms with van der Waals surface area (Å²) < 4.78 is 4.94. The van der Waals surface area contributed by atoms with Crippen molar-refractivity contribution in [2.24, 2.45) is 0 Å². The van der Waals surface area contributed by atoms with Crippen molar-refractivity contribution >= 4 is 17.7 Å². The van der Waals surface area contributed by atoms with Crippen LogP contribution in [-0.4, -0.2) is 37.4 Å². The van der Waals surface area contributed by atoms with Crippen LogP contribution in [0.5, 0.6) is 0 Å². The molecule has 5 heteroatoms. The summed E-state index contributed by atoms with van der Waals surface area (Å²) in [6, 6.07) is -0.0811. The van der Waals surface area contributed by atoms with Crippen LogP contribution in [-0.2, 0) is 9.53 Å². The molecular formula is C7H14N2O2S. The van der Waals surface area contributed by atoms with Crippen LogP contribution in [0.3, 0.4) is 0 Å². The molecule has 4 nitrogen and oxygen atoms in total. The average Bonchev–Trinajstić information content (AvgIpc) is 2.43. The van der Waals surface area contributed by atoms with E-state index in [0.717, 1.165) is 12.2 Å². The van der Waals surface area contributed by atoms with Crippen LogP contribution in [0.4, 0.5) is 0 Å². The largest absolute Gasteiger partial charge is 0.348 e. The fourth-order valence-electron chi connectivity index (χ4n) is 1.11. The van der Waals surface area contributed by atoms with Crippen LogP contribution in [0, 0.1) is 0 Å². The molecule has 0 bridgehead atoms. The molecule has 0 radical (unpaired) electrons. The highest BCUT2D eigenvalue weighted by atomic mass is 32.2. The molecule has 1 saturated heterocycles. The summed E-state index contributed by atoms with van der Waals surface area (Å²) in [5.41, 5.74) is 0. The standard InChI is InChI=1S/C7H14N2O2S/c1-11-7-8-5(3-4-12-2)6(10)9-7/h5,7-8H,3-4H2,1-2H3,(H,9,10). The van der Waals surface area contributed by atoms with Gasteiger partial charge in [0.25, 0.3) is 0 Å². The molecule has 70 valence electrons. The number of hydrogen-bond acceptors (Lipinski definition) is 4. The molecule has 2 N–H and O–H groups in total. The lowest BCUT2D eigenvalue weighted by molar-refractivity contribution is -0.121. The molecule has 0 aliphatic carbocycles. The first kappa shape index (κ1) is 9.83. The van der Waals surface area contributed by atoms with Crippen LogP contribution in [0.25, 0.3) is 0 Å². The fraction of sp³-hybridized carbons (Fsp3) is 0.857. The Hall–Kier alpha value is -0.260. The van der Waals surface area contributed by atoms with Crippen molar-refractivity contribution in [1.29, 1.82) is 0 Å². The highest BCUT2D eigenvalue weighted by molar-refractivity contribution is 7.98. The molecule has 0 spiro atoms. The zero-order valence-corrected chi connectivity index (χ0v) is 8.11. The smallest absolute Gasteiger partial charge is 0.240 e. The van der Waals surface area contributed by atoms with E-state index in [-0.39, 0.29) is 18.3 Å². The maximum Gasteiger partial charge on any atom is 0.240 e. The molecule has 1 heterocycles. The second-order valence-electron chi connectivity index (χ2n) is 2.63. The maximum atomic E-state index is 11.2. The van der Waals surface area contributed by atoms with Gasteiger partial charge in [-0.1, -0.05) is 0 Å². The second kappa shape index (κ2) is 4.69. The summed E-state index contributed by atoms with van der Waals surface area (Å²) in [4.78, 5) is 11.2. The van der Waals surface area contributed by atoms with Crippen LogP contribution >= 0.6 is 11.8 Å². The van der Waals surface area contributed by atoms with E-state index in [1.165, 1.54) is 0 Å². The Morgan fingerprint density at radius 3 is 2.92 bits per heavy atom. The third-order valence-corrected chi connectivity index (χ3v) is 2.43. The quantitative estimate of drug-likeness (QED) is 0.642. The number of carbonyl (C=O) groups excluding carboxylic acids is 1. The second-order valence-corrected chi connectivity index (χ2v) is 3.61. The van der Waals surface area contributed by atoms with Crippen molar-refractivity contribution < 1.29 is 9.53 Å². The zero-order chi connectivity index (χ0) is 8.97. The van der Waals surface area contributed by atoms with E-state index in [1.54, 1.807) is 18.9 Å². The highest BCUT2D eigenvalue weighted by Gasteiger charge is 2.29. The number of hydrogen-bond donors (Lipinski definition) is 2. The lowest BCUT2D eigenvalue weighted by atomic mass is 10.2. The van der Waals surface area contributed by atoms with E-state index in [1.807, 2.05) is 6.26 Å². The summed E-state index contributed by atoms with van der Waals surface area (Å²) in [6.45, 7) is 0. The molecule has 1 aliphatic heterocycles. The highest BCUT2D eigenvalue weighted by Crippen LogP contribution is 2.05. The number of ether oxygens (including phenoxy) is 1. The Balaban J connectivity index is 2.31. The molecule has 1 aliphatic rings. The Morgan fingerprint density at radius 2 is 2.42 bits per heavy atom. The first-order chi connectivity index (χ1) is 5.77. The number of methoxy groups -OCH3 is 1. The first-order valence-corrected chi connectivity index (χ1v) is 5.25. The van der Waals surface area contributed by atoms with E-state index < -0.39 is 0 Å².